The number of H-pyrrole nitrogens is 1. The molecule has 1 aliphatic carbocycles. The lowest BCUT2D eigenvalue weighted by molar-refractivity contribution is -0.140. The molecule has 0 bridgehead atoms. The molecule has 0 atom stereocenters. The van der Waals surface area contributed by atoms with Crippen molar-refractivity contribution in [3.8, 4) is 0 Å². The second kappa shape index (κ2) is 6.96. The number of hydrogen-bond donors (Lipinski definition) is 1. The van der Waals surface area contributed by atoms with Crippen molar-refractivity contribution in [1.82, 2.24) is 9.97 Å². The number of rotatable bonds is 4. The number of carbonyl (C=O) groups excluding carboxylic acids is 1. The fraction of sp³-hybridized carbons (Fsp3) is 0.500. The van der Waals surface area contributed by atoms with Gasteiger partial charge in [-0.25, -0.2) is 9.78 Å². The molecule has 1 saturated carbocycles. The summed E-state index contributed by atoms with van der Waals surface area (Å²) in [5, 5.41) is 2.64. The van der Waals surface area contributed by atoms with Crippen LogP contribution in [0.4, 0.5) is 13.2 Å². The van der Waals surface area contributed by atoms with E-state index in [1.807, 2.05) is 10.4 Å². The Bertz CT molecular complexity index is 702. The van der Waals surface area contributed by atoms with Crippen LogP contribution in [-0.4, -0.2) is 15.9 Å². The number of alkyl halides is 3. The monoisotopic (exact) mass is 358 g/mol. The van der Waals surface area contributed by atoms with E-state index in [9.17, 15) is 18.0 Å². The Morgan fingerprint density at radius 2 is 2.04 bits per heavy atom. The first-order valence-electron chi connectivity index (χ1n) is 7.81. The first-order valence-corrected chi connectivity index (χ1v) is 8.69. The molecule has 0 unspecified atom stereocenters. The summed E-state index contributed by atoms with van der Waals surface area (Å²) in [6.07, 6.45) is 1.43. The normalized spacial score (nSPS) is 16.3. The summed E-state index contributed by atoms with van der Waals surface area (Å²) >= 11 is 1.41. The summed E-state index contributed by atoms with van der Waals surface area (Å²) in [7, 11) is 0. The third-order valence-corrected chi connectivity index (χ3v) is 4.97. The zero-order chi connectivity index (χ0) is 17.2. The van der Waals surface area contributed by atoms with Gasteiger partial charge in [-0.3, -0.25) is 0 Å². The number of thiazole rings is 1. The molecule has 0 amide bonds. The van der Waals surface area contributed by atoms with Crippen molar-refractivity contribution < 1.29 is 22.7 Å². The molecule has 0 spiro atoms. The Balaban J connectivity index is 1.56. The predicted molar refractivity (Wildman–Crippen MR) is 82.9 cm³/mol. The van der Waals surface area contributed by atoms with Gasteiger partial charge in [-0.2, -0.15) is 13.2 Å². The lowest BCUT2D eigenvalue weighted by atomic mass is 9.87. The number of carbonyl (C=O) groups is 1. The molecule has 4 nitrogen and oxygen atoms in total. The lowest BCUT2D eigenvalue weighted by Gasteiger charge is -2.19. The van der Waals surface area contributed by atoms with Crippen LogP contribution >= 0.6 is 11.3 Å². The average Bonchev–Trinajstić information content (AvgIpc) is 3.22. The van der Waals surface area contributed by atoms with Crippen LogP contribution in [-0.2, 0) is 17.5 Å². The maximum atomic E-state index is 12.5. The fourth-order valence-corrected chi connectivity index (χ4v) is 3.65. The van der Waals surface area contributed by atoms with Crippen molar-refractivity contribution in [2.45, 2.75) is 50.8 Å². The zero-order valence-electron chi connectivity index (χ0n) is 12.9. The maximum Gasteiger partial charge on any atom is 0.431 e. The van der Waals surface area contributed by atoms with Crippen LogP contribution in [0.3, 0.4) is 0 Å². The van der Waals surface area contributed by atoms with E-state index in [2.05, 4.69) is 4.98 Å². The van der Waals surface area contributed by atoms with Gasteiger partial charge in [-0.15, -0.1) is 11.3 Å². The Morgan fingerprint density at radius 3 is 2.71 bits per heavy atom. The van der Waals surface area contributed by atoms with E-state index < -0.39 is 17.8 Å². The molecule has 24 heavy (non-hydrogen) atoms. The SMILES string of the molecule is O=C(OCc1nc(C2CCCCC2)cs1)c1ccc(C(F)(F)F)[nH]1. The molecular weight excluding hydrogens is 341 g/mol. The highest BCUT2D eigenvalue weighted by molar-refractivity contribution is 7.09. The smallest absolute Gasteiger partial charge is 0.431 e. The number of esters is 1. The van der Waals surface area contributed by atoms with Crippen LogP contribution in [0.2, 0.25) is 0 Å². The van der Waals surface area contributed by atoms with Gasteiger partial charge in [0, 0.05) is 11.3 Å². The van der Waals surface area contributed by atoms with E-state index in [4.69, 9.17) is 4.74 Å². The van der Waals surface area contributed by atoms with E-state index in [1.165, 1.54) is 30.6 Å². The number of ether oxygens (including phenoxy) is 1. The minimum absolute atomic E-state index is 0.0312. The molecule has 2 heterocycles. The molecule has 0 radical (unpaired) electrons. The van der Waals surface area contributed by atoms with Crippen LogP contribution in [0.1, 0.15) is 64.9 Å². The Morgan fingerprint density at radius 1 is 1.29 bits per heavy atom. The summed E-state index contributed by atoms with van der Waals surface area (Å²) in [6.45, 7) is -0.0312. The minimum Gasteiger partial charge on any atom is -0.454 e. The topological polar surface area (TPSA) is 55.0 Å². The second-order valence-corrected chi connectivity index (χ2v) is 6.80. The van der Waals surface area contributed by atoms with Crippen molar-refractivity contribution in [1.29, 1.82) is 0 Å². The van der Waals surface area contributed by atoms with Gasteiger partial charge >= 0.3 is 12.1 Å². The van der Waals surface area contributed by atoms with Gasteiger partial charge in [0.15, 0.2) is 0 Å². The number of nitrogens with zero attached hydrogens (tertiary/aromatic N) is 1. The van der Waals surface area contributed by atoms with Gasteiger partial charge in [-0.05, 0) is 25.0 Å². The quantitative estimate of drug-likeness (QED) is 0.792. The predicted octanol–water partition coefficient (Wildman–Crippen LogP) is 4.89. The number of halogens is 3. The van der Waals surface area contributed by atoms with Crippen molar-refractivity contribution in [3.63, 3.8) is 0 Å². The van der Waals surface area contributed by atoms with Crippen molar-refractivity contribution in [2.75, 3.05) is 0 Å². The molecular formula is C16H17F3N2O2S. The van der Waals surface area contributed by atoms with E-state index >= 15 is 0 Å². The molecule has 1 fully saturated rings. The summed E-state index contributed by atoms with van der Waals surface area (Å²) in [6, 6.07) is 1.89. The summed E-state index contributed by atoms with van der Waals surface area (Å²) in [5.74, 6) is -0.350. The van der Waals surface area contributed by atoms with E-state index in [0.29, 0.717) is 10.9 Å². The summed E-state index contributed by atoms with van der Waals surface area (Å²) in [5.41, 5.74) is -0.153. The average molecular weight is 358 g/mol. The minimum atomic E-state index is -4.51. The summed E-state index contributed by atoms with van der Waals surface area (Å²) < 4.78 is 42.6. The molecule has 130 valence electrons. The highest BCUT2D eigenvalue weighted by Crippen LogP contribution is 2.33. The zero-order valence-corrected chi connectivity index (χ0v) is 13.7. The standard InChI is InChI=1S/C16H17F3N2O2S/c17-16(18,19)13-7-6-11(20-13)15(22)23-8-14-21-12(9-24-14)10-4-2-1-3-5-10/h6-7,9-10,20H,1-5,8H2. The molecule has 3 rings (SSSR count). The molecule has 0 saturated heterocycles. The Labute approximate surface area is 141 Å². The largest absolute Gasteiger partial charge is 0.454 e. The lowest BCUT2D eigenvalue weighted by Crippen LogP contribution is -2.09. The van der Waals surface area contributed by atoms with Crippen molar-refractivity contribution >= 4 is 17.3 Å². The third-order valence-electron chi connectivity index (χ3n) is 4.13. The van der Waals surface area contributed by atoms with Crippen LogP contribution in [0.5, 0.6) is 0 Å². The van der Waals surface area contributed by atoms with E-state index in [0.717, 1.165) is 30.7 Å². The van der Waals surface area contributed by atoms with Gasteiger partial charge in [0.05, 0.1) is 5.69 Å². The van der Waals surface area contributed by atoms with Crippen LogP contribution < -0.4 is 0 Å². The number of aromatic nitrogens is 2. The fourth-order valence-electron chi connectivity index (χ4n) is 2.86. The molecule has 8 heteroatoms. The van der Waals surface area contributed by atoms with Crippen LogP contribution in [0.25, 0.3) is 0 Å². The van der Waals surface area contributed by atoms with Crippen molar-refractivity contribution in [3.05, 3.63) is 39.6 Å². The first-order chi connectivity index (χ1) is 11.4. The maximum absolute atomic E-state index is 12.5. The molecule has 0 aliphatic heterocycles. The number of hydrogen-bond acceptors (Lipinski definition) is 4. The summed E-state index contributed by atoms with van der Waals surface area (Å²) in [4.78, 5) is 18.3. The van der Waals surface area contributed by atoms with Gasteiger partial charge in [-0.1, -0.05) is 19.3 Å². The van der Waals surface area contributed by atoms with Crippen LogP contribution in [0, 0.1) is 0 Å². The highest BCUT2D eigenvalue weighted by atomic mass is 32.1. The Kier molecular flexibility index (Phi) is 4.93. The Hall–Kier alpha value is -1.83. The third kappa shape index (κ3) is 3.98. The molecule has 1 aliphatic rings. The van der Waals surface area contributed by atoms with E-state index in [-0.39, 0.29) is 12.3 Å². The molecule has 1 N–H and O–H groups in total. The highest BCUT2D eigenvalue weighted by Gasteiger charge is 2.33. The van der Waals surface area contributed by atoms with Gasteiger partial charge in [0.1, 0.15) is 23.0 Å². The van der Waals surface area contributed by atoms with Crippen LogP contribution in [0.15, 0.2) is 17.5 Å². The number of nitrogens with one attached hydrogen (secondary N) is 1. The molecule has 2 aromatic heterocycles. The van der Waals surface area contributed by atoms with Gasteiger partial charge in [0.25, 0.3) is 0 Å². The number of aromatic amines is 1. The van der Waals surface area contributed by atoms with Gasteiger partial charge < -0.3 is 9.72 Å². The first kappa shape index (κ1) is 17.0. The van der Waals surface area contributed by atoms with Crippen molar-refractivity contribution in [2.24, 2.45) is 0 Å². The van der Waals surface area contributed by atoms with Gasteiger partial charge in [0.2, 0.25) is 0 Å². The second-order valence-electron chi connectivity index (χ2n) is 5.86. The van der Waals surface area contributed by atoms with E-state index in [1.54, 1.807) is 0 Å². The molecule has 0 aromatic carbocycles. The molecule has 2 aromatic rings.